The summed E-state index contributed by atoms with van der Waals surface area (Å²) in [5.74, 6) is -0.0175. The Kier molecular flexibility index (Phi) is 5.06. The lowest BCUT2D eigenvalue weighted by Gasteiger charge is -2.26. The molecule has 2 fully saturated rings. The highest BCUT2D eigenvalue weighted by Crippen LogP contribution is 2.45. The molecule has 2 saturated heterocycles. The van der Waals surface area contributed by atoms with E-state index in [2.05, 4.69) is 29.1 Å². The Labute approximate surface area is 174 Å². The minimum atomic E-state index is -3.63. The molecule has 0 spiro atoms. The minimum absolute atomic E-state index is 0. The number of fused-ring (bicyclic) bond motifs is 2. The Morgan fingerprint density at radius 2 is 1.83 bits per heavy atom. The maximum atomic E-state index is 13.2. The standard InChI is InChI=1S/C20H21N3O4S.ClH/c1-22-10-14-11-23(12-16(14)19(22)13-5-3-2-4-6-13)28(25,26)15-7-8-18-17(9-15)21-20(24)27-18;/h2-9,14,16,19H,10-12H2,1H3,(H,21,24);1H/t14-,16+,19-;/m0./s1. The summed E-state index contributed by atoms with van der Waals surface area (Å²) in [6, 6.07) is 15.0. The van der Waals surface area contributed by atoms with Gasteiger partial charge in [0.25, 0.3) is 0 Å². The fourth-order valence-electron chi connectivity index (χ4n) is 4.81. The Bertz CT molecular complexity index is 1190. The van der Waals surface area contributed by atoms with Crippen molar-refractivity contribution in [1.82, 2.24) is 14.2 Å². The Morgan fingerprint density at radius 3 is 2.59 bits per heavy atom. The summed E-state index contributed by atoms with van der Waals surface area (Å²) in [7, 11) is -1.53. The molecule has 5 rings (SSSR count). The number of aromatic nitrogens is 1. The lowest BCUT2D eigenvalue weighted by Crippen LogP contribution is -2.33. The quantitative estimate of drug-likeness (QED) is 0.683. The Balaban J connectivity index is 0.00000205. The Morgan fingerprint density at radius 1 is 1.07 bits per heavy atom. The summed E-state index contributed by atoms with van der Waals surface area (Å²) in [5, 5.41) is 0. The van der Waals surface area contributed by atoms with Gasteiger partial charge in [-0.2, -0.15) is 4.31 Å². The number of benzene rings is 2. The molecule has 0 saturated carbocycles. The molecule has 3 aromatic rings. The zero-order valence-corrected chi connectivity index (χ0v) is 17.4. The summed E-state index contributed by atoms with van der Waals surface area (Å²) < 4.78 is 33.0. The maximum absolute atomic E-state index is 13.2. The monoisotopic (exact) mass is 435 g/mol. The third-order valence-electron chi connectivity index (χ3n) is 6.03. The smallest absolute Gasteiger partial charge is 0.408 e. The maximum Gasteiger partial charge on any atom is 0.417 e. The molecule has 1 aromatic heterocycles. The van der Waals surface area contributed by atoms with Crippen LogP contribution in [0.5, 0.6) is 0 Å². The predicted octanol–water partition coefficient (Wildman–Crippen LogP) is 2.47. The van der Waals surface area contributed by atoms with Crippen molar-refractivity contribution in [2.45, 2.75) is 10.9 Å². The average Bonchev–Trinajstić information content (AvgIpc) is 3.32. The van der Waals surface area contributed by atoms with Gasteiger partial charge < -0.3 is 4.42 Å². The third-order valence-corrected chi connectivity index (χ3v) is 7.86. The second-order valence-corrected chi connectivity index (χ2v) is 9.65. The first kappa shape index (κ1) is 20.2. The molecule has 2 aromatic carbocycles. The van der Waals surface area contributed by atoms with Crippen molar-refractivity contribution in [3.8, 4) is 0 Å². The molecular formula is C20H22ClN3O4S. The first-order chi connectivity index (χ1) is 13.4. The second kappa shape index (κ2) is 7.28. The van der Waals surface area contributed by atoms with Gasteiger partial charge in [-0.1, -0.05) is 30.3 Å². The molecular weight excluding hydrogens is 414 g/mol. The molecule has 2 aliphatic heterocycles. The highest BCUT2D eigenvalue weighted by Gasteiger charge is 2.49. The van der Waals surface area contributed by atoms with Crippen molar-refractivity contribution in [3.05, 3.63) is 64.6 Å². The highest BCUT2D eigenvalue weighted by molar-refractivity contribution is 7.89. The highest BCUT2D eigenvalue weighted by atomic mass is 35.5. The van der Waals surface area contributed by atoms with E-state index < -0.39 is 15.8 Å². The molecule has 0 aliphatic carbocycles. The number of hydrogen-bond donors (Lipinski definition) is 1. The van der Waals surface area contributed by atoms with E-state index in [-0.39, 0.29) is 29.3 Å². The van der Waals surface area contributed by atoms with Gasteiger partial charge in [0.1, 0.15) is 0 Å². The minimum Gasteiger partial charge on any atom is -0.408 e. The van der Waals surface area contributed by atoms with Crippen molar-refractivity contribution in [3.63, 3.8) is 0 Å². The molecule has 3 heterocycles. The average molecular weight is 436 g/mol. The van der Waals surface area contributed by atoms with Crippen LogP contribution in [0, 0.1) is 11.8 Å². The van der Waals surface area contributed by atoms with Crippen molar-refractivity contribution in [2.24, 2.45) is 11.8 Å². The SMILES string of the molecule is CN1C[C@H]2CN(S(=O)(=O)c3ccc4oc(=O)[nH]c4c3)C[C@H]2[C@@H]1c1ccccc1.Cl. The zero-order valence-electron chi connectivity index (χ0n) is 15.8. The van der Waals surface area contributed by atoms with Gasteiger partial charge in [-0.3, -0.25) is 9.88 Å². The third kappa shape index (κ3) is 3.30. The van der Waals surface area contributed by atoms with Crippen LogP contribution in [0.2, 0.25) is 0 Å². The van der Waals surface area contributed by atoms with E-state index >= 15 is 0 Å². The van der Waals surface area contributed by atoms with Gasteiger partial charge in [0.05, 0.1) is 10.4 Å². The molecule has 0 amide bonds. The van der Waals surface area contributed by atoms with Gasteiger partial charge in [-0.05, 0) is 42.6 Å². The van der Waals surface area contributed by atoms with Crippen LogP contribution in [0.1, 0.15) is 11.6 Å². The number of sulfonamides is 1. The normalized spacial score (nSPS) is 25.2. The van der Waals surface area contributed by atoms with E-state index in [9.17, 15) is 13.2 Å². The lowest BCUT2D eigenvalue weighted by atomic mass is 9.90. The van der Waals surface area contributed by atoms with Crippen LogP contribution < -0.4 is 5.76 Å². The first-order valence-corrected chi connectivity index (χ1v) is 10.8. The summed E-state index contributed by atoms with van der Waals surface area (Å²) in [5.41, 5.74) is 1.98. The van der Waals surface area contributed by atoms with Crippen molar-refractivity contribution in [2.75, 3.05) is 26.7 Å². The zero-order chi connectivity index (χ0) is 19.5. The lowest BCUT2D eigenvalue weighted by molar-refractivity contribution is 0.261. The van der Waals surface area contributed by atoms with Crippen LogP contribution in [0.25, 0.3) is 11.1 Å². The van der Waals surface area contributed by atoms with Gasteiger partial charge in [0, 0.05) is 25.7 Å². The van der Waals surface area contributed by atoms with E-state index in [0.29, 0.717) is 30.1 Å². The van der Waals surface area contributed by atoms with Crippen LogP contribution in [0.15, 0.2) is 62.6 Å². The van der Waals surface area contributed by atoms with Crippen molar-refractivity contribution < 1.29 is 12.8 Å². The summed E-state index contributed by atoms with van der Waals surface area (Å²) in [6.07, 6.45) is 0. The van der Waals surface area contributed by atoms with E-state index in [1.807, 2.05) is 18.2 Å². The molecule has 0 unspecified atom stereocenters. The van der Waals surface area contributed by atoms with Crippen molar-refractivity contribution in [1.29, 1.82) is 0 Å². The summed E-state index contributed by atoms with van der Waals surface area (Å²) in [4.78, 5) is 16.4. The number of aromatic amines is 1. The number of likely N-dealkylation sites (tertiary alicyclic amines) is 1. The number of oxazole rings is 1. The number of halogens is 1. The van der Waals surface area contributed by atoms with E-state index in [0.717, 1.165) is 6.54 Å². The van der Waals surface area contributed by atoms with Crippen LogP contribution in [-0.4, -0.2) is 49.3 Å². The van der Waals surface area contributed by atoms with Gasteiger partial charge in [-0.15, -0.1) is 12.4 Å². The summed E-state index contributed by atoms with van der Waals surface area (Å²) >= 11 is 0. The molecule has 3 atom stereocenters. The summed E-state index contributed by atoms with van der Waals surface area (Å²) in [6.45, 7) is 1.89. The van der Waals surface area contributed by atoms with E-state index in [1.165, 1.54) is 23.8 Å². The van der Waals surface area contributed by atoms with Crippen LogP contribution in [0.3, 0.4) is 0 Å². The molecule has 29 heavy (non-hydrogen) atoms. The van der Waals surface area contributed by atoms with Crippen LogP contribution in [0.4, 0.5) is 0 Å². The first-order valence-electron chi connectivity index (χ1n) is 9.32. The number of hydrogen-bond acceptors (Lipinski definition) is 5. The van der Waals surface area contributed by atoms with E-state index in [4.69, 9.17) is 4.42 Å². The van der Waals surface area contributed by atoms with Gasteiger partial charge >= 0.3 is 5.76 Å². The molecule has 1 N–H and O–H groups in total. The fourth-order valence-corrected chi connectivity index (χ4v) is 6.37. The molecule has 9 heteroatoms. The largest absolute Gasteiger partial charge is 0.417 e. The van der Waals surface area contributed by atoms with Crippen molar-refractivity contribution >= 4 is 33.5 Å². The van der Waals surface area contributed by atoms with Gasteiger partial charge in [-0.25, -0.2) is 13.2 Å². The van der Waals surface area contributed by atoms with Crippen LogP contribution >= 0.6 is 12.4 Å². The molecule has 154 valence electrons. The number of nitrogens with one attached hydrogen (secondary N) is 1. The number of H-pyrrole nitrogens is 1. The molecule has 0 bridgehead atoms. The topological polar surface area (TPSA) is 86.6 Å². The number of rotatable bonds is 3. The van der Waals surface area contributed by atoms with E-state index in [1.54, 1.807) is 4.31 Å². The molecule has 7 nitrogen and oxygen atoms in total. The number of nitrogens with zero attached hydrogens (tertiary/aromatic N) is 2. The molecule has 2 aliphatic rings. The Hall–Kier alpha value is -2.13. The van der Waals surface area contributed by atoms with Gasteiger partial charge in [0.2, 0.25) is 10.0 Å². The van der Waals surface area contributed by atoms with Crippen LogP contribution in [-0.2, 0) is 10.0 Å². The fraction of sp³-hybridized carbons (Fsp3) is 0.350. The second-order valence-electron chi connectivity index (χ2n) is 7.71. The predicted molar refractivity (Wildman–Crippen MR) is 112 cm³/mol. The van der Waals surface area contributed by atoms with Gasteiger partial charge in [0.15, 0.2) is 5.58 Å². The molecule has 0 radical (unpaired) electrons.